The lowest BCUT2D eigenvalue weighted by atomic mass is 10.1. The fourth-order valence-electron chi connectivity index (χ4n) is 2.57. The van der Waals surface area contributed by atoms with Gasteiger partial charge in [-0.25, -0.2) is 0 Å². The number of phenolic OH excluding ortho intramolecular Hbond substituents is 1. The molecule has 0 aliphatic carbocycles. The number of Topliss-reactive ketones (excluding diaryl/α,β-unsaturated/α-hetero) is 1. The van der Waals surface area contributed by atoms with Gasteiger partial charge in [-0.05, 0) is 35.7 Å². The first-order valence-electron chi connectivity index (χ1n) is 8.20. The molecule has 0 fully saturated rings. The highest BCUT2D eigenvalue weighted by molar-refractivity contribution is 7.12. The molecule has 26 heavy (non-hydrogen) atoms. The second-order valence-corrected chi connectivity index (χ2v) is 6.64. The van der Waals surface area contributed by atoms with E-state index in [1.165, 1.54) is 22.3 Å². The molecule has 0 spiro atoms. The summed E-state index contributed by atoms with van der Waals surface area (Å²) in [4.78, 5) is 31.4. The third-order valence-corrected chi connectivity index (χ3v) is 4.79. The lowest BCUT2D eigenvalue weighted by Gasteiger charge is -2.23. The van der Waals surface area contributed by atoms with Crippen molar-refractivity contribution in [3.8, 4) is 5.75 Å². The van der Waals surface area contributed by atoms with E-state index in [4.69, 9.17) is 0 Å². The lowest BCUT2D eigenvalue weighted by Crippen LogP contribution is -2.31. The quantitative estimate of drug-likeness (QED) is 0.641. The lowest BCUT2D eigenvalue weighted by molar-refractivity contribution is -0.118. The number of hydrogen-bond donors (Lipinski definition) is 1. The minimum atomic E-state index is -0.234. The third-order valence-electron chi connectivity index (χ3n) is 3.88. The Bertz CT molecular complexity index is 879. The minimum Gasteiger partial charge on any atom is -0.506 e. The summed E-state index contributed by atoms with van der Waals surface area (Å²) in [5.41, 5.74) is 1.11. The van der Waals surface area contributed by atoms with E-state index < -0.39 is 0 Å². The molecule has 1 aromatic carbocycles. The topological polar surface area (TPSA) is 70.5 Å². The number of para-hydroxylation sites is 2. The number of amides is 1. The number of thiophene rings is 1. The number of carbonyl (C=O) groups excluding carboxylic acids is 2. The van der Waals surface area contributed by atoms with Crippen molar-refractivity contribution < 1.29 is 14.7 Å². The van der Waals surface area contributed by atoms with Gasteiger partial charge in [-0.3, -0.25) is 14.6 Å². The molecule has 0 saturated heterocycles. The third kappa shape index (κ3) is 4.34. The van der Waals surface area contributed by atoms with E-state index in [0.717, 1.165) is 0 Å². The summed E-state index contributed by atoms with van der Waals surface area (Å²) in [5, 5.41) is 12.0. The van der Waals surface area contributed by atoms with Crippen molar-refractivity contribution in [1.82, 2.24) is 4.98 Å². The maximum atomic E-state index is 12.8. The van der Waals surface area contributed by atoms with Crippen LogP contribution in [0.1, 0.15) is 28.2 Å². The molecular formula is C20H18N2O3S. The highest BCUT2D eigenvalue weighted by atomic mass is 32.1. The summed E-state index contributed by atoms with van der Waals surface area (Å²) in [6, 6.07) is 15.7. The van der Waals surface area contributed by atoms with Gasteiger partial charge in [-0.2, -0.15) is 0 Å². The van der Waals surface area contributed by atoms with Crippen molar-refractivity contribution in [3.63, 3.8) is 0 Å². The zero-order valence-corrected chi connectivity index (χ0v) is 14.9. The first-order chi connectivity index (χ1) is 12.6. The smallest absolute Gasteiger partial charge is 0.227 e. The first kappa shape index (κ1) is 17.8. The molecule has 2 aromatic heterocycles. The van der Waals surface area contributed by atoms with Crippen molar-refractivity contribution in [2.24, 2.45) is 0 Å². The van der Waals surface area contributed by atoms with E-state index in [0.29, 0.717) is 16.3 Å². The van der Waals surface area contributed by atoms with Crippen LogP contribution < -0.4 is 4.90 Å². The molecule has 0 aliphatic rings. The van der Waals surface area contributed by atoms with Gasteiger partial charge in [0.05, 0.1) is 22.8 Å². The predicted molar refractivity (Wildman–Crippen MR) is 101 cm³/mol. The van der Waals surface area contributed by atoms with Crippen LogP contribution in [0.3, 0.4) is 0 Å². The second kappa shape index (κ2) is 8.40. The van der Waals surface area contributed by atoms with Gasteiger partial charge in [0.25, 0.3) is 0 Å². The molecule has 2 heterocycles. The molecule has 1 amide bonds. The Labute approximate surface area is 155 Å². The zero-order valence-electron chi connectivity index (χ0n) is 14.0. The second-order valence-electron chi connectivity index (χ2n) is 5.69. The summed E-state index contributed by atoms with van der Waals surface area (Å²) in [5.74, 6) is -0.271. The molecule has 0 aliphatic heterocycles. The number of hydrogen-bond acceptors (Lipinski definition) is 5. The zero-order chi connectivity index (χ0) is 18.4. The number of rotatable bonds is 7. The maximum Gasteiger partial charge on any atom is 0.227 e. The Balaban J connectivity index is 1.77. The van der Waals surface area contributed by atoms with E-state index >= 15 is 0 Å². The molecule has 132 valence electrons. The van der Waals surface area contributed by atoms with Crippen LogP contribution in [0.4, 0.5) is 5.69 Å². The molecule has 6 heteroatoms. The molecule has 3 aromatic rings. The summed E-state index contributed by atoms with van der Waals surface area (Å²) in [7, 11) is 0. The molecule has 1 N–H and O–H groups in total. The number of carbonyl (C=O) groups is 2. The van der Waals surface area contributed by atoms with E-state index in [2.05, 4.69) is 4.98 Å². The monoisotopic (exact) mass is 366 g/mol. The Kier molecular flexibility index (Phi) is 5.76. The molecule has 3 rings (SSSR count). The van der Waals surface area contributed by atoms with Crippen LogP contribution >= 0.6 is 11.3 Å². The molecule has 0 unspecified atom stereocenters. The Morgan fingerprint density at radius 2 is 1.81 bits per heavy atom. The summed E-state index contributed by atoms with van der Waals surface area (Å²) < 4.78 is 0. The largest absolute Gasteiger partial charge is 0.506 e. The number of benzene rings is 1. The SMILES string of the molecule is O=C(CCC(=O)N(Cc1ccccn1)c1ccccc1O)c1cccs1. The van der Waals surface area contributed by atoms with Crippen molar-refractivity contribution in [3.05, 3.63) is 76.7 Å². The summed E-state index contributed by atoms with van der Waals surface area (Å²) in [6.45, 7) is 0.227. The normalized spacial score (nSPS) is 10.5. The fraction of sp³-hybridized carbons (Fsp3) is 0.150. The van der Waals surface area contributed by atoms with Gasteiger partial charge >= 0.3 is 0 Å². The van der Waals surface area contributed by atoms with Crippen LogP contribution in [-0.2, 0) is 11.3 Å². The minimum absolute atomic E-state index is 0.0152. The van der Waals surface area contributed by atoms with Gasteiger partial charge in [0.15, 0.2) is 5.78 Å². The van der Waals surface area contributed by atoms with Crippen molar-refractivity contribution in [2.75, 3.05) is 4.90 Å². The van der Waals surface area contributed by atoms with Gasteiger partial charge < -0.3 is 10.0 Å². The van der Waals surface area contributed by atoms with Crippen LogP contribution in [0.25, 0.3) is 0 Å². The molecular weight excluding hydrogens is 348 g/mol. The Hall–Kier alpha value is -2.99. The average molecular weight is 366 g/mol. The van der Waals surface area contributed by atoms with Crippen molar-refractivity contribution in [2.45, 2.75) is 19.4 Å². The van der Waals surface area contributed by atoms with Gasteiger partial charge in [-0.1, -0.05) is 24.3 Å². The Morgan fingerprint density at radius 3 is 2.50 bits per heavy atom. The van der Waals surface area contributed by atoms with E-state index in [1.54, 1.807) is 36.5 Å². The molecule has 0 radical (unpaired) electrons. The van der Waals surface area contributed by atoms with Gasteiger partial charge in [-0.15, -0.1) is 11.3 Å². The first-order valence-corrected chi connectivity index (χ1v) is 9.08. The predicted octanol–water partition coefficient (Wildman–Crippen LogP) is 4.05. The van der Waals surface area contributed by atoms with Crippen LogP contribution in [0.15, 0.2) is 66.2 Å². The average Bonchev–Trinajstić information content (AvgIpc) is 3.20. The number of aromatic nitrogens is 1. The van der Waals surface area contributed by atoms with Crippen LogP contribution in [0.2, 0.25) is 0 Å². The number of nitrogens with zero attached hydrogens (tertiary/aromatic N) is 2. The fourth-order valence-corrected chi connectivity index (χ4v) is 3.26. The van der Waals surface area contributed by atoms with Crippen molar-refractivity contribution >= 4 is 28.7 Å². The molecule has 0 bridgehead atoms. The number of anilines is 1. The van der Waals surface area contributed by atoms with Gasteiger partial charge in [0.2, 0.25) is 5.91 Å². The number of ketones is 1. The molecule has 0 saturated carbocycles. The van der Waals surface area contributed by atoms with E-state index in [1.807, 2.05) is 23.6 Å². The highest BCUT2D eigenvalue weighted by Gasteiger charge is 2.21. The maximum absolute atomic E-state index is 12.8. The number of pyridine rings is 1. The van der Waals surface area contributed by atoms with Crippen LogP contribution in [0.5, 0.6) is 5.75 Å². The van der Waals surface area contributed by atoms with Gasteiger partial charge in [0.1, 0.15) is 5.75 Å². The van der Waals surface area contributed by atoms with Gasteiger partial charge in [0, 0.05) is 19.0 Å². The summed E-state index contributed by atoms with van der Waals surface area (Å²) >= 11 is 1.37. The summed E-state index contributed by atoms with van der Waals surface area (Å²) in [6.07, 6.45) is 1.85. The standard InChI is InChI=1S/C20H18N2O3S/c23-17-8-2-1-7-16(17)22(14-15-6-3-4-12-21-15)20(25)11-10-18(24)19-9-5-13-26-19/h1-9,12-13,23H,10-11,14H2. The highest BCUT2D eigenvalue weighted by Crippen LogP contribution is 2.28. The van der Waals surface area contributed by atoms with Crippen LogP contribution in [0, 0.1) is 0 Å². The number of aromatic hydroxyl groups is 1. The van der Waals surface area contributed by atoms with Crippen LogP contribution in [-0.4, -0.2) is 21.8 Å². The molecule has 5 nitrogen and oxygen atoms in total. The number of phenols is 1. The van der Waals surface area contributed by atoms with E-state index in [-0.39, 0.29) is 36.8 Å². The van der Waals surface area contributed by atoms with E-state index in [9.17, 15) is 14.7 Å². The van der Waals surface area contributed by atoms with Crippen molar-refractivity contribution in [1.29, 1.82) is 0 Å². The Morgan fingerprint density at radius 1 is 1.00 bits per heavy atom. The molecule has 0 atom stereocenters.